The fraction of sp³-hybridized carbons (Fsp3) is 0.923. The molecule has 8 atom stereocenters. The predicted octanol–water partition coefficient (Wildman–Crippen LogP) is 6.11. The molecule has 4 aliphatic rings. The first-order valence-corrected chi connectivity index (χ1v) is 12.0. The van der Waals surface area contributed by atoms with Gasteiger partial charge in [0.25, 0.3) is 0 Å². The highest BCUT2D eigenvalue weighted by Gasteiger charge is 2.59. The van der Waals surface area contributed by atoms with E-state index in [0.717, 1.165) is 49.4 Å². The summed E-state index contributed by atoms with van der Waals surface area (Å²) < 4.78 is 0. The molecule has 0 amide bonds. The maximum atomic E-state index is 10.6. The molecule has 0 aromatic rings. The van der Waals surface area contributed by atoms with Gasteiger partial charge in [0, 0.05) is 0 Å². The van der Waals surface area contributed by atoms with Crippen LogP contribution in [0, 0.1) is 40.4 Å². The monoisotopic (exact) mass is 388 g/mol. The van der Waals surface area contributed by atoms with Crippen molar-refractivity contribution in [2.24, 2.45) is 40.4 Å². The Morgan fingerprint density at radius 3 is 2.46 bits per heavy atom. The molecule has 160 valence electrons. The summed E-state index contributed by atoms with van der Waals surface area (Å²) in [5, 5.41) is 21.0. The highest BCUT2D eigenvalue weighted by Crippen LogP contribution is 2.67. The van der Waals surface area contributed by atoms with Crippen LogP contribution in [0.25, 0.3) is 0 Å². The minimum Gasteiger partial charge on any atom is -0.390 e. The van der Waals surface area contributed by atoms with Crippen LogP contribution in [-0.4, -0.2) is 21.4 Å². The quantitative estimate of drug-likeness (QED) is 0.572. The second-order valence-corrected chi connectivity index (χ2v) is 12.7. The Kier molecular flexibility index (Phi) is 4.91. The van der Waals surface area contributed by atoms with Crippen molar-refractivity contribution in [3.05, 3.63) is 11.6 Å². The topological polar surface area (TPSA) is 40.5 Å². The Hall–Kier alpha value is -0.340. The van der Waals surface area contributed by atoms with Gasteiger partial charge in [0.15, 0.2) is 0 Å². The molecule has 0 aliphatic heterocycles. The lowest BCUT2D eigenvalue weighted by atomic mass is 9.46. The molecule has 3 saturated carbocycles. The van der Waals surface area contributed by atoms with E-state index in [4.69, 9.17) is 0 Å². The summed E-state index contributed by atoms with van der Waals surface area (Å²) in [5.41, 5.74) is 1.29. The summed E-state index contributed by atoms with van der Waals surface area (Å²) in [6, 6.07) is 0. The molecule has 0 saturated heterocycles. The molecule has 4 rings (SSSR count). The minimum absolute atomic E-state index is 0.323. The van der Waals surface area contributed by atoms with Gasteiger partial charge in [0.05, 0.1) is 11.2 Å². The molecule has 0 spiro atoms. The highest BCUT2D eigenvalue weighted by atomic mass is 16.3. The van der Waals surface area contributed by atoms with Crippen molar-refractivity contribution in [2.75, 3.05) is 0 Å². The van der Waals surface area contributed by atoms with E-state index in [1.165, 1.54) is 32.1 Å². The summed E-state index contributed by atoms with van der Waals surface area (Å²) >= 11 is 0. The van der Waals surface area contributed by atoms with Crippen LogP contribution in [0.15, 0.2) is 11.6 Å². The Balaban J connectivity index is 1.57. The van der Waals surface area contributed by atoms with E-state index in [0.29, 0.717) is 16.7 Å². The second-order valence-electron chi connectivity index (χ2n) is 12.7. The van der Waals surface area contributed by atoms with Gasteiger partial charge in [0.1, 0.15) is 0 Å². The maximum Gasteiger partial charge on any atom is 0.0657 e. The van der Waals surface area contributed by atoms with Gasteiger partial charge in [-0.25, -0.2) is 0 Å². The molecule has 2 N–H and O–H groups in total. The lowest BCUT2D eigenvalue weighted by molar-refractivity contribution is -0.0740. The first-order valence-electron chi connectivity index (χ1n) is 12.0. The standard InChI is InChI=1S/C26H44O2/c1-17(15-23(2,3)27)20-9-10-21-19-8-7-18-16-24(4,28)13-14-25(18,5)22(19)11-12-26(20,21)6/h7,17,19-22,27-28H,8-16H2,1-6H3/t17-,19?,20-,21?,22?,24+,25+,26-/m1/s1. The van der Waals surface area contributed by atoms with Gasteiger partial charge in [-0.15, -0.1) is 0 Å². The fourth-order valence-corrected chi connectivity index (χ4v) is 8.71. The molecular weight excluding hydrogens is 344 g/mol. The first kappa shape index (κ1) is 20.9. The van der Waals surface area contributed by atoms with E-state index in [2.05, 4.69) is 26.8 Å². The lowest BCUT2D eigenvalue weighted by Crippen LogP contribution is -2.52. The molecule has 0 heterocycles. The molecule has 3 unspecified atom stereocenters. The van der Waals surface area contributed by atoms with Gasteiger partial charge in [-0.2, -0.15) is 0 Å². The fourth-order valence-electron chi connectivity index (χ4n) is 8.71. The molecule has 0 radical (unpaired) electrons. The average molecular weight is 389 g/mol. The Bertz CT molecular complexity index is 641. The van der Waals surface area contributed by atoms with Crippen molar-refractivity contribution in [3.8, 4) is 0 Å². The van der Waals surface area contributed by atoms with Crippen molar-refractivity contribution < 1.29 is 10.2 Å². The molecule has 0 aromatic carbocycles. The summed E-state index contributed by atoms with van der Waals surface area (Å²) in [4.78, 5) is 0. The third kappa shape index (κ3) is 3.31. The van der Waals surface area contributed by atoms with Crippen molar-refractivity contribution >= 4 is 0 Å². The predicted molar refractivity (Wildman–Crippen MR) is 116 cm³/mol. The van der Waals surface area contributed by atoms with Gasteiger partial charge in [0.2, 0.25) is 0 Å². The molecule has 28 heavy (non-hydrogen) atoms. The second kappa shape index (κ2) is 6.58. The molecule has 2 heteroatoms. The van der Waals surface area contributed by atoms with Crippen LogP contribution in [0.2, 0.25) is 0 Å². The number of allylic oxidation sites excluding steroid dienone is 1. The van der Waals surface area contributed by atoms with E-state index in [-0.39, 0.29) is 0 Å². The number of rotatable bonds is 3. The number of fused-ring (bicyclic) bond motifs is 5. The van der Waals surface area contributed by atoms with Crippen molar-refractivity contribution in [1.29, 1.82) is 0 Å². The average Bonchev–Trinajstić information content (AvgIpc) is 2.91. The first-order chi connectivity index (χ1) is 12.9. The smallest absolute Gasteiger partial charge is 0.0657 e. The van der Waals surface area contributed by atoms with Crippen molar-refractivity contribution in [1.82, 2.24) is 0 Å². The van der Waals surface area contributed by atoms with Gasteiger partial charge >= 0.3 is 0 Å². The van der Waals surface area contributed by atoms with Gasteiger partial charge in [-0.3, -0.25) is 0 Å². The highest BCUT2D eigenvalue weighted by molar-refractivity contribution is 5.26. The van der Waals surface area contributed by atoms with Gasteiger partial charge < -0.3 is 10.2 Å². The largest absolute Gasteiger partial charge is 0.390 e. The third-order valence-electron chi connectivity index (χ3n) is 9.96. The summed E-state index contributed by atoms with van der Waals surface area (Å²) in [6.07, 6.45) is 13.2. The number of aliphatic hydroxyl groups is 2. The zero-order valence-corrected chi connectivity index (χ0v) is 19.2. The number of hydrogen-bond donors (Lipinski definition) is 2. The zero-order valence-electron chi connectivity index (χ0n) is 19.2. The SMILES string of the molecule is C[C@H](CC(C)(C)O)[C@H]1CCC2C3CC=C4C[C@@](C)(O)CC[C@]4(C)C3CC[C@@]21C. The van der Waals surface area contributed by atoms with Crippen LogP contribution >= 0.6 is 0 Å². The van der Waals surface area contributed by atoms with E-state index in [1.54, 1.807) is 5.57 Å². The normalized spacial score (nSPS) is 49.6. The summed E-state index contributed by atoms with van der Waals surface area (Å²) in [5.74, 6) is 3.84. The van der Waals surface area contributed by atoms with Crippen LogP contribution in [-0.2, 0) is 0 Å². The molecule has 4 aliphatic carbocycles. The van der Waals surface area contributed by atoms with Crippen molar-refractivity contribution in [2.45, 2.75) is 111 Å². The molecule has 3 fully saturated rings. The van der Waals surface area contributed by atoms with E-state index in [1.807, 2.05) is 20.8 Å². The van der Waals surface area contributed by atoms with Crippen LogP contribution in [0.3, 0.4) is 0 Å². The maximum absolute atomic E-state index is 10.6. The molecule has 0 aromatic heterocycles. The lowest BCUT2D eigenvalue weighted by Gasteiger charge is -2.59. The Morgan fingerprint density at radius 1 is 1.07 bits per heavy atom. The van der Waals surface area contributed by atoms with E-state index in [9.17, 15) is 10.2 Å². The van der Waals surface area contributed by atoms with Crippen LogP contribution in [0.4, 0.5) is 0 Å². The van der Waals surface area contributed by atoms with Gasteiger partial charge in [-0.1, -0.05) is 32.4 Å². The molecule has 2 nitrogen and oxygen atoms in total. The number of hydrogen-bond acceptors (Lipinski definition) is 2. The third-order valence-corrected chi connectivity index (χ3v) is 9.96. The van der Waals surface area contributed by atoms with Crippen LogP contribution in [0.5, 0.6) is 0 Å². The van der Waals surface area contributed by atoms with E-state index < -0.39 is 11.2 Å². The molecule has 0 bridgehead atoms. The van der Waals surface area contributed by atoms with Crippen LogP contribution < -0.4 is 0 Å². The Labute approximate surface area is 173 Å². The summed E-state index contributed by atoms with van der Waals surface area (Å²) in [6.45, 7) is 13.5. The van der Waals surface area contributed by atoms with E-state index >= 15 is 0 Å². The Morgan fingerprint density at radius 2 is 1.79 bits per heavy atom. The minimum atomic E-state index is -0.555. The van der Waals surface area contributed by atoms with Crippen LogP contribution in [0.1, 0.15) is 99.3 Å². The zero-order chi connectivity index (χ0) is 20.5. The van der Waals surface area contributed by atoms with Gasteiger partial charge in [-0.05, 0) is 119 Å². The molecular formula is C26H44O2. The summed E-state index contributed by atoms with van der Waals surface area (Å²) in [7, 11) is 0. The van der Waals surface area contributed by atoms with Crippen molar-refractivity contribution in [3.63, 3.8) is 0 Å².